The third-order valence-corrected chi connectivity index (χ3v) is 4.15. The van der Waals surface area contributed by atoms with Crippen molar-refractivity contribution in [2.45, 2.75) is 40.0 Å². The van der Waals surface area contributed by atoms with E-state index in [1.807, 2.05) is 20.8 Å². The summed E-state index contributed by atoms with van der Waals surface area (Å²) in [6.45, 7) is 5.75. The Kier molecular flexibility index (Phi) is 5.72. The summed E-state index contributed by atoms with van der Waals surface area (Å²) in [6, 6.07) is 6.87. The van der Waals surface area contributed by atoms with Crippen molar-refractivity contribution >= 4 is 23.2 Å². The quantitative estimate of drug-likeness (QED) is 0.609. The van der Waals surface area contributed by atoms with Gasteiger partial charge in [0, 0.05) is 23.8 Å². The van der Waals surface area contributed by atoms with Gasteiger partial charge < -0.3 is 4.74 Å². The molecule has 0 fully saturated rings. The van der Waals surface area contributed by atoms with Crippen molar-refractivity contribution in [3.63, 3.8) is 0 Å². The molecule has 0 unspecified atom stereocenters. The van der Waals surface area contributed by atoms with E-state index in [-0.39, 0.29) is 35.7 Å². The van der Waals surface area contributed by atoms with Gasteiger partial charge in [0.05, 0.1) is 12.8 Å². The fourth-order valence-corrected chi connectivity index (χ4v) is 2.76. The fourth-order valence-electron chi connectivity index (χ4n) is 2.76. The van der Waals surface area contributed by atoms with E-state index in [0.717, 1.165) is 0 Å². The zero-order chi connectivity index (χ0) is 18.6. The molecule has 0 saturated carbocycles. The highest BCUT2D eigenvalue weighted by atomic mass is 16.5. The molecule has 0 bridgehead atoms. The molecule has 0 saturated heterocycles. The summed E-state index contributed by atoms with van der Waals surface area (Å²) in [5.74, 6) is -0.747. The largest absolute Gasteiger partial charge is 0.497 e. The molecule has 0 aliphatic carbocycles. The summed E-state index contributed by atoms with van der Waals surface area (Å²) in [4.78, 5) is 36.6. The molecule has 1 aliphatic rings. The van der Waals surface area contributed by atoms with Crippen LogP contribution in [0, 0.1) is 11.3 Å². The molecule has 25 heavy (non-hydrogen) atoms. The highest BCUT2D eigenvalue weighted by molar-refractivity contribution is 6.24. The Bertz CT molecular complexity index is 699. The molecule has 1 aliphatic heterocycles. The fraction of sp³-hybridized carbons (Fsp3) is 0.474. The second kappa shape index (κ2) is 7.59. The van der Waals surface area contributed by atoms with Crippen LogP contribution in [0.2, 0.25) is 0 Å². The monoisotopic (exact) mass is 344 g/mol. The first-order valence-electron chi connectivity index (χ1n) is 8.32. The minimum atomic E-state index is -0.837. The van der Waals surface area contributed by atoms with Crippen molar-refractivity contribution in [3.05, 3.63) is 29.8 Å². The maximum atomic E-state index is 12.4. The summed E-state index contributed by atoms with van der Waals surface area (Å²) in [6.07, 6.45) is 0.842. The highest BCUT2D eigenvalue weighted by Gasteiger charge is 2.41. The second-order valence-electron chi connectivity index (χ2n) is 7.13. The first kappa shape index (κ1) is 18.8. The molecule has 2 rings (SSSR count). The maximum absolute atomic E-state index is 12.4. The number of hydrogen-bond donors (Lipinski definition) is 1. The minimum Gasteiger partial charge on any atom is -0.497 e. The normalized spacial score (nSPS) is 17.0. The van der Waals surface area contributed by atoms with E-state index in [2.05, 4.69) is 10.5 Å². The van der Waals surface area contributed by atoms with Crippen molar-refractivity contribution in [2.24, 2.45) is 16.4 Å². The number of ether oxygens (including phenoxy) is 1. The van der Waals surface area contributed by atoms with Crippen molar-refractivity contribution < 1.29 is 19.1 Å². The first-order valence-corrected chi connectivity index (χ1v) is 8.32. The lowest BCUT2D eigenvalue weighted by molar-refractivity contribution is -0.130. The molecule has 1 amide bonds. The van der Waals surface area contributed by atoms with E-state index in [9.17, 15) is 14.4 Å². The van der Waals surface area contributed by atoms with Gasteiger partial charge in [-0.05, 0) is 30.7 Å². The number of carbonyl (C=O) groups is 3. The molecule has 1 aromatic carbocycles. The molecule has 6 nitrogen and oxygen atoms in total. The standard InChI is InChI=1S/C19H24N2O4/c1-19(2,3)17-16(18(24)21-20-17)15(23)7-5-6-14(22)12-8-10-13(25-4)11-9-12/h8-11,16H,5-7H2,1-4H3,(H,21,24)/t16-/m1/s1. The molecule has 1 aromatic rings. The lowest BCUT2D eigenvalue weighted by atomic mass is 9.79. The van der Waals surface area contributed by atoms with Crippen molar-refractivity contribution in [1.82, 2.24) is 5.43 Å². The maximum Gasteiger partial charge on any atom is 0.256 e. The number of benzene rings is 1. The van der Waals surface area contributed by atoms with Crippen molar-refractivity contribution in [3.8, 4) is 5.75 Å². The van der Waals surface area contributed by atoms with Gasteiger partial charge in [0.2, 0.25) is 0 Å². The third kappa shape index (κ3) is 4.53. The Morgan fingerprint density at radius 2 is 1.80 bits per heavy atom. The second-order valence-corrected chi connectivity index (χ2v) is 7.13. The number of ketones is 2. The number of amides is 1. The van der Waals surface area contributed by atoms with Gasteiger partial charge in [-0.15, -0.1) is 0 Å². The molecule has 0 spiro atoms. The first-order chi connectivity index (χ1) is 11.7. The van der Waals surface area contributed by atoms with Crippen LogP contribution < -0.4 is 10.2 Å². The third-order valence-electron chi connectivity index (χ3n) is 4.15. The van der Waals surface area contributed by atoms with Crippen LogP contribution in [0.4, 0.5) is 0 Å². The molecule has 134 valence electrons. The zero-order valence-corrected chi connectivity index (χ0v) is 15.1. The average molecular weight is 344 g/mol. The number of carbonyl (C=O) groups excluding carboxylic acids is 3. The van der Waals surface area contributed by atoms with Gasteiger partial charge in [-0.25, -0.2) is 5.43 Å². The summed E-state index contributed by atoms with van der Waals surface area (Å²) >= 11 is 0. The Balaban J connectivity index is 1.90. The van der Waals surface area contributed by atoms with Crippen LogP contribution in [0.15, 0.2) is 29.4 Å². The molecule has 6 heteroatoms. The Morgan fingerprint density at radius 3 is 2.36 bits per heavy atom. The van der Waals surface area contributed by atoms with E-state index in [4.69, 9.17) is 4.74 Å². The van der Waals surface area contributed by atoms with Gasteiger partial charge in [-0.3, -0.25) is 14.4 Å². The lowest BCUT2D eigenvalue weighted by Crippen LogP contribution is -2.36. The van der Waals surface area contributed by atoms with Crippen LogP contribution in [-0.2, 0) is 9.59 Å². The predicted octanol–water partition coefficient (Wildman–Crippen LogP) is 2.77. The number of rotatable bonds is 7. The topological polar surface area (TPSA) is 84.8 Å². The van der Waals surface area contributed by atoms with E-state index < -0.39 is 5.92 Å². The number of nitrogens with one attached hydrogen (secondary N) is 1. The van der Waals surface area contributed by atoms with Gasteiger partial charge in [0.15, 0.2) is 11.6 Å². The van der Waals surface area contributed by atoms with Crippen molar-refractivity contribution in [1.29, 1.82) is 0 Å². The predicted molar refractivity (Wildman–Crippen MR) is 94.7 cm³/mol. The molecular formula is C19H24N2O4. The molecule has 1 heterocycles. The summed E-state index contributed by atoms with van der Waals surface area (Å²) in [7, 11) is 1.57. The van der Waals surface area contributed by atoms with E-state index in [1.165, 1.54) is 0 Å². The van der Waals surface area contributed by atoms with Crippen LogP contribution in [-0.4, -0.2) is 30.3 Å². The van der Waals surface area contributed by atoms with Gasteiger partial charge in [-0.2, -0.15) is 5.10 Å². The number of methoxy groups -OCH3 is 1. The smallest absolute Gasteiger partial charge is 0.256 e. The van der Waals surface area contributed by atoms with Crippen LogP contribution >= 0.6 is 0 Å². The highest BCUT2D eigenvalue weighted by Crippen LogP contribution is 2.26. The molecule has 1 atom stereocenters. The van der Waals surface area contributed by atoms with Gasteiger partial charge in [0.1, 0.15) is 11.7 Å². The Labute approximate surface area is 147 Å². The minimum absolute atomic E-state index is 0.0314. The Morgan fingerprint density at radius 1 is 1.16 bits per heavy atom. The van der Waals surface area contributed by atoms with Crippen LogP contribution in [0.25, 0.3) is 0 Å². The lowest BCUT2D eigenvalue weighted by Gasteiger charge is -2.21. The molecular weight excluding hydrogens is 320 g/mol. The molecule has 0 aromatic heterocycles. The Hall–Kier alpha value is -2.50. The average Bonchev–Trinajstić information content (AvgIpc) is 2.96. The van der Waals surface area contributed by atoms with Gasteiger partial charge in [0.25, 0.3) is 5.91 Å². The number of hydrogen-bond acceptors (Lipinski definition) is 5. The molecule has 0 radical (unpaired) electrons. The van der Waals surface area contributed by atoms with E-state index in [0.29, 0.717) is 23.4 Å². The van der Waals surface area contributed by atoms with E-state index in [1.54, 1.807) is 31.4 Å². The summed E-state index contributed by atoms with van der Waals surface area (Å²) in [5, 5.41) is 4.02. The van der Waals surface area contributed by atoms with Gasteiger partial charge in [-0.1, -0.05) is 20.8 Å². The van der Waals surface area contributed by atoms with E-state index >= 15 is 0 Å². The summed E-state index contributed by atoms with van der Waals surface area (Å²) < 4.78 is 5.06. The number of hydrazone groups is 1. The SMILES string of the molecule is COc1ccc(C(=O)CCCC(=O)[C@H]2C(=O)NN=C2C(C)(C)C)cc1. The van der Waals surface area contributed by atoms with Gasteiger partial charge >= 0.3 is 0 Å². The van der Waals surface area contributed by atoms with Crippen molar-refractivity contribution in [2.75, 3.05) is 7.11 Å². The molecule has 1 N–H and O–H groups in total. The number of nitrogens with zero attached hydrogens (tertiary/aromatic N) is 1. The van der Waals surface area contributed by atoms with Crippen LogP contribution in [0.1, 0.15) is 50.4 Å². The van der Waals surface area contributed by atoms with Crippen LogP contribution in [0.3, 0.4) is 0 Å². The number of Topliss-reactive ketones (excluding diaryl/α,β-unsaturated/α-hetero) is 2. The van der Waals surface area contributed by atoms with Crippen LogP contribution in [0.5, 0.6) is 5.75 Å². The zero-order valence-electron chi connectivity index (χ0n) is 15.1. The summed E-state index contributed by atoms with van der Waals surface area (Å²) in [5.41, 5.74) is 3.18.